The van der Waals surface area contributed by atoms with Crippen molar-refractivity contribution < 1.29 is 10.2 Å². The molecular weight excluding hydrogens is 444 g/mol. The van der Waals surface area contributed by atoms with Gasteiger partial charge >= 0.3 is 0 Å². The van der Waals surface area contributed by atoms with Gasteiger partial charge < -0.3 is 20.0 Å². The third-order valence-corrected chi connectivity index (χ3v) is 7.47. The van der Waals surface area contributed by atoms with E-state index in [0.717, 1.165) is 37.3 Å². The number of benzene rings is 2. The topological polar surface area (TPSA) is 46.9 Å². The summed E-state index contributed by atoms with van der Waals surface area (Å²) in [7, 11) is 0. The van der Waals surface area contributed by atoms with Crippen LogP contribution in [0.25, 0.3) is 5.57 Å². The molecule has 3 rings (SSSR count). The average molecular weight is 493 g/mol. The quantitative estimate of drug-likeness (QED) is 0.250. The molecule has 0 aliphatic heterocycles. The first kappa shape index (κ1) is 28.1. The first-order valence-corrected chi connectivity index (χ1v) is 14.4. The van der Waals surface area contributed by atoms with Gasteiger partial charge in [0.15, 0.2) is 0 Å². The van der Waals surface area contributed by atoms with E-state index >= 15 is 0 Å². The summed E-state index contributed by atoms with van der Waals surface area (Å²) in [6, 6.07) is 16.8. The molecule has 2 aromatic rings. The van der Waals surface area contributed by atoms with Crippen LogP contribution in [0.2, 0.25) is 0 Å². The molecule has 1 aliphatic carbocycles. The Morgan fingerprint density at radius 1 is 0.611 bits per heavy atom. The molecular formula is C32H48N2O2. The summed E-state index contributed by atoms with van der Waals surface area (Å²) in [4.78, 5) is 4.91. The summed E-state index contributed by atoms with van der Waals surface area (Å²) >= 11 is 0. The smallest absolute Gasteiger partial charge is 0.109 e. The van der Waals surface area contributed by atoms with Crippen LogP contribution in [-0.2, 0) is 0 Å². The number of aliphatic hydroxyl groups is 2. The number of nitrogens with zero attached hydrogens (tertiary/aromatic N) is 2. The molecule has 36 heavy (non-hydrogen) atoms. The molecule has 0 bridgehead atoms. The molecule has 2 atom stereocenters. The zero-order valence-corrected chi connectivity index (χ0v) is 23.0. The van der Waals surface area contributed by atoms with Gasteiger partial charge in [-0.05, 0) is 61.1 Å². The summed E-state index contributed by atoms with van der Waals surface area (Å²) in [5.41, 5.74) is 4.99. The van der Waals surface area contributed by atoms with Crippen LogP contribution in [0, 0.1) is 0 Å². The minimum atomic E-state index is -0.686. The second-order valence-electron chi connectivity index (χ2n) is 10.2. The van der Waals surface area contributed by atoms with E-state index in [1.165, 1.54) is 62.7 Å². The fourth-order valence-electron chi connectivity index (χ4n) is 5.08. The maximum atomic E-state index is 11.0. The van der Waals surface area contributed by atoms with Gasteiger partial charge in [-0.3, -0.25) is 0 Å². The number of hydrogen-bond donors (Lipinski definition) is 2. The lowest BCUT2D eigenvalue weighted by Gasteiger charge is -2.36. The van der Waals surface area contributed by atoms with Crippen molar-refractivity contribution in [3.05, 3.63) is 65.4 Å². The standard InChI is InChI=1S/C32H48N2O2/c1-5-9-21-33(22-10-6-2)27-17-13-25(14-18-27)29-31(35)30(32(29)36)26-15-19-28(20-16-26)34(23-11-7-3)24-12-8-4/h13-20,29,31,35-36H,5-12,21-24H2,1-4H3. The predicted octanol–water partition coefficient (Wildman–Crippen LogP) is 7.93. The van der Waals surface area contributed by atoms with Gasteiger partial charge in [-0.15, -0.1) is 0 Å². The predicted molar refractivity (Wildman–Crippen MR) is 155 cm³/mol. The molecule has 2 aromatic carbocycles. The normalized spacial score (nSPS) is 17.2. The zero-order chi connectivity index (χ0) is 25.9. The fourth-order valence-corrected chi connectivity index (χ4v) is 5.08. The molecule has 0 saturated carbocycles. The Balaban J connectivity index is 1.72. The van der Waals surface area contributed by atoms with Crippen molar-refractivity contribution in [2.75, 3.05) is 36.0 Å². The lowest BCUT2D eigenvalue weighted by atomic mass is 9.73. The van der Waals surface area contributed by atoms with E-state index < -0.39 is 6.10 Å². The SMILES string of the molecule is CCCCN(CCCC)c1ccc(C2=C(O)C(c3ccc(N(CCCC)CCCC)cc3)C2O)cc1. The van der Waals surface area contributed by atoms with Crippen LogP contribution in [0.5, 0.6) is 0 Å². The number of anilines is 2. The number of hydrogen-bond acceptors (Lipinski definition) is 4. The minimum absolute atomic E-state index is 0.297. The van der Waals surface area contributed by atoms with Crippen LogP contribution in [-0.4, -0.2) is 42.5 Å². The number of rotatable bonds is 16. The van der Waals surface area contributed by atoms with Gasteiger partial charge in [0.05, 0.1) is 12.0 Å². The van der Waals surface area contributed by atoms with E-state index in [1.54, 1.807) is 0 Å². The maximum absolute atomic E-state index is 11.0. The van der Waals surface area contributed by atoms with Gasteiger partial charge in [-0.2, -0.15) is 0 Å². The van der Waals surface area contributed by atoms with Gasteiger partial charge in [-0.25, -0.2) is 0 Å². The molecule has 0 fully saturated rings. The Bertz CT molecular complexity index is 920. The Kier molecular flexibility index (Phi) is 11.2. The Morgan fingerprint density at radius 3 is 1.36 bits per heavy atom. The lowest BCUT2D eigenvalue weighted by Crippen LogP contribution is -2.33. The zero-order valence-electron chi connectivity index (χ0n) is 23.0. The first-order chi connectivity index (χ1) is 17.5. The highest BCUT2D eigenvalue weighted by atomic mass is 16.3. The third kappa shape index (κ3) is 6.85. The molecule has 0 amide bonds. The Labute approximate surface area is 219 Å². The van der Waals surface area contributed by atoms with Crippen LogP contribution >= 0.6 is 0 Å². The van der Waals surface area contributed by atoms with Crippen molar-refractivity contribution in [3.8, 4) is 0 Å². The summed E-state index contributed by atoms with van der Waals surface area (Å²) < 4.78 is 0. The van der Waals surface area contributed by atoms with Crippen molar-refractivity contribution >= 4 is 16.9 Å². The van der Waals surface area contributed by atoms with E-state index in [-0.39, 0.29) is 5.92 Å². The Hall–Kier alpha value is -2.46. The van der Waals surface area contributed by atoms with Crippen LogP contribution < -0.4 is 9.80 Å². The summed E-state index contributed by atoms with van der Waals surface area (Å²) in [6.45, 7) is 13.2. The van der Waals surface area contributed by atoms with Crippen molar-refractivity contribution in [2.45, 2.75) is 91.1 Å². The molecule has 4 nitrogen and oxygen atoms in total. The van der Waals surface area contributed by atoms with Gasteiger partial charge in [-0.1, -0.05) is 77.6 Å². The van der Waals surface area contributed by atoms with Crippen molar-refractivity contribution in [1.82, 2.24) is 0 Å². The molecule has 1 aliphatic rings. The molecule has 0 heterocycles. The van der Waals surface area contributed by atoms with Gasteiger partial charge in [0.1, 0.15) is 5.76 Å². The van der Waals surface area contributed by atoms with Crippen LogP contribution in [0.15, 0.2) is 54.3 Å². The maximum Gasteiger partial charge on any atom is 0.109 e. The van der Waals surface area contributed by atoms with E-state index in [4.69, 9.17) is 0 Å². The number of aliphatic hydroxyl groups excluding tert-OH is 2. The van der Waals surface area contributed by atoms with E-state index in [0.29, 0.717) is 11.3 Å². The Morgan fingerprint density at radius 2 is 1.00 bits per heavy atom. The molecule has 2 unspecified atom stereocenters. The molecule has 4 heteroatoms. The van der Waals surface area contributed by atoms with Gasteiger partial charge in [0.25, 0.3) is 0 Å². The molecule has 0 aromatic heterocycles. The first-order valence-electron chi connectivity index (χ1n) is 14.4. The second kappa shape index (κ2) is 14.3. The van der Waals surface area contributed by atoms with Crippen LogP contribution in [0.1, 0.15) is 96.1 Å². The van der Waals surface area contributed by atoms with Crippen molar-refractivity contribution in [2.24, 2.45) is 0 Å². The molecule has 0 radical (unpaired) electrons. The summed E-state index contributed by atoms with van der Waals surface area (Å²) in [5, 5.41) is 22.0. The monoisotopic (exact) mass is 492 g/mol. The molecule has 0 saturated heterocycles. The van der Waals surface area contributed by atoms with E-state index in [9.17, 15) is 10.2 Å². The molecule has 2 N–H and O–H groups in total. The fraction of sp³-hybridized carbons (Fsp3) is 0.562. The van der Waals surface area contributed by atoms with Crippen molar-refractivity contribution in [1.29, 1.82) is 0 Å². The van der Waals surface area contributed by atoms with Crippen LogP contribution in [0.3, 0.4) is 0 Å². The summed E-state index contributed by atoms with van der Waals surface area (Å²) in [6.07, 6.45) is 8.81. The highest BCUT2D eigenvalue weighted by molar-refractivity contribution is 5.80. The lowest BCUT2D eigenvalue weighted by molar-refractivity contribution is 0.153. The largest absolute Gasteiger partial charge is 0.511 e. The third-order valence-electron chi connectivity index (χ3n) is 7.47. The second-order valence-corrected chi connectivity index (χ2v) is 10.2. The van der Waals surface area contributed by atoms with Gasteiger partial charge in [0.2, 0.25) is 0 Å². The highest BCUT2D eigenvalue weighted by Crippen LogP contribution is 2.46. The summed E-state index contributed by atoms with van der Waals surface area (Å²) in [5.74, 6) is -0.0512. The molecule has 198 valence electrons. The average Bonchev–Trinajstić information content (AvgIpc) is 2.90. The van der Waals surface area contributed by atoms with Gasteiger partial charge in [0, 0.05) is 43.1 Å². The minimum Gasteiger partial charge on any atom is -0.511 e. The highest BCUT2D eigenvalue weighted by Gasteiger charge is 2.41. The van der Waals surface area contributed by atoms with E-state index in [1.807, 2.05) is 12.1 Å². The molecule has 0 spiro atoms. The van der Waals surface area contributed by atoms with E-state index in [2.05, 4.69) is 73.9 Å². The number of unbranched alkanes of at least 4 members (excludes halogenated alkanes) is 4. The van der Waals surface area contributed by atoms with Crippen LogP contribution in [0.4, 0.5) is 11.4 Å². The van der Waals surface area contributed by atoms with Crippen molar-refractivity contribution in [3.63, 3.8) is 0 Å².